The summed E-state index contributed by atoms with van der Waals surface area (Å²) in [5.41, 5.74) is -0.693. The summed E-state index contributed by atoms with van der Waals surface area (Å²) in [6, 6.07) is 4.63. The van der Waals surface area contributed by atoms with E-state index in [4.69, 9.17) is 0 Å². The Morgan fingerprint density at radius 1 is 1.26 bits per heavy atom. The number of alkyl halides is 3. The highest BCUT2D eigenvalue weighted by molar-refractivity contribution is 5.94. The highest BCUT2D eigenvalue weighted by atomic mass is 19.4. The molecular weight excluding hydrogens is 303 g/mol. The number of rotatable bonds is 2. The van der Waals surface area contributed by atoms with E-state index in [9.17, 15) is 18.0 Å². The molecule has 1 aromatic carbocycles. The number of hydrogen-bond acceptors (Lipinski definition) is 1. The molecule has 1 N–H and O–H groups in total. The second-order valence-corrected chi connectivity index (χ2v) is 7.90. The van der Waals surface area contributed by atoms with Crippen LogP contribution in [-0.2, 0) is 6.18 Å². The molecular formula is C18H22F3NO. The van der Waals surface area contributed by atoms with E-state index in [0.29, 0.717) is 5.92 Å². The molecule has 2 fully saturated rings. The van der Waals surface area contributed by atoms with Crippen LogP contribution in [0.3, 0.4) is 0 Å². The summed E-state index contributed by atoms with van der Waals surface area (Å²) in [6.07, 6.45) is -1.13. The van der Waals surface area contributed by atoms with E-state index >= 15 is 0 Å². The molecule has 1 amide bonds. The van der Waals surface area contributed by atoms with Crippen molar-refractivity contribution in [1.82, 2.24) is 5.32 Å². The second kappa shape index (κ2) is 4.99. The lowest BCUT2D eigenvalue weighted by atomic mass is 9.68. The molecule has 0 aliphatic heterocycles. The van der Waals surface area contributed by atoms with Crippen LogP contribution >= 0.6 is 0 Å². The molecule has 2 bridgehead atoms. The summed E-state index contributed by atoms with van der Waals surface area (Å²) in [5, 5.41) is 3.03. The summed E-state index contributed by atoms with van der Waals surface area (Å²) >= 11 is 0. The smallest absolute Gasteiger partial charge is 0.348 e. The zero-order chi connectivity index (χ0) is 17.0. The number of halogens is 3. The van der Waals surface area contributed by atoms with Crippen LogP contribution in [0, 0.1) is 16.7 Å². The van der Waals surface area contributed by atoms with Gasteiger partial charge in [-0.15, -0.1) is 0 Å². The molecule has 2 unspecified atom stereocenters. The largest absolute Gasteiger partial charge is 0.416 e. The molecule has 23 heavy (non-hydrogen) atoms. The van der Waals surface area contributed by atoms with Crippen molar-refractivity contribution < 1.29 is 18.0 Å². The van der Waals surface area contributed by atoms with Crippen molar-refractivity contribution in [3.8, 4) is 0 Å². The van der Waals surface area contributed by atoms with Crippen LogP contribution in [0.5, 0.6) is 0 Å². The van der Waals surface area contributed by atoms with Crippen LogP contribution in [0.2, 0.25) is 0 Å². The standard InChI is InChI=1S/C18H22F3NO/c1-16(2)13-7-8-17(3,10-13)15(16)22-14(23)11-5-4-6-12(9-11)18(19,20)21/h4-6,9,13,15H,7-8,10H2,1-3H3,(H,22,23)/t13?,15?,17-/m1/s1. The van der Waals surface area contributed by atoms with E-state index in [-0.39, 0.29) is 22.4 Å². The van der Waals surface area contributed by atoms with E-state index in [1.54, 1.807) is 0 Å². The van der Waals surface area contributed by atoms with Crippen LogP contribution in [0.15, 0.2) is 24.3 Å². The Kier molecular flexibility index (Phi) is 3.54. The topological polar surface area (TPSA) is 29.1 Å². The molecule has 1 aromatic rings. The average molecular weight is 325 g/mol. The molecule has 0 radical (unpaired) electrons. The van der Waals surface area contributed by atoms with Gasteiger partial charge in [0.05, 0.1) is 5.56 Å². The van der Waals surface area contributed by atoms with Gasteiger partial charge in [-0.05, 0) is 54.2 Å². The Hall–Kier alpha value is -1.52. The normalized spacial score (nSPS) is 32.1. The molecule has 2 aliphatic carbocycles. The van der Waals surface area contributed by atoms with Crippen LogP contribution in [-0.4, -0.2) is 11.9 Å². The Bertz CT molecular complexity index is 633. The van der Waals surface area contributed by atoms with E-state index in [1.807, 2.05) is 0 Å². The molecule has 2 aliphatic rings. The third kappa shape index (κ3) is 2.64. The number of nitrogens with one attached hydrogen (secondary N) is 1. The van der Waals surface area contributed by atoms with Crippen LogP contribution in [0.1, 0.15) is 56.0 Å². The number of hydrogen-bond donors (Lipinski definition) is 1. The number of fused-ring (bicyclic) bond motifs is 2. The Morgan fingerprint density at radius 2 is 1.96 bits per heavy atom. The third-order valence-electron chi connectivity index (χ3n) is 6.00. The zero-order valence-corrected chi connectivity index (χ0v) is 13.6. The first-order chi connectivity index (χ1) is 10.5. The van der Waals surface area contributed by atoms with E-state index in [2.05, 4.69) is 26.1 Å². The molecule has 0 spiro atoms. The lowest BCUT2D eigenvalue weighted by Crippen LogP contribution is -2.52. The van der Waals surface area contributed by atoms with Gasteiger partial charge < -0.3 is 5.32 Å². The summed E-state index contributed by atoms with van der Waals surface area (Å²) in [6.45, 7) is 6.48. The maximum Gasteiger partial charge on any atom is 0.416 e. The SMILES string of the molecule is CC1(C)C2CC[C@](C)(C2)C1NC(=O)c1cccc(C(F)(F)F)c1. The van der Waals surface area contributed by atoms with Gasteiger partial charge in [-0.2, -0.15) is 13.2 Å². The monoisotopic (exact) mass is 325 g/mol. The van der Waals surface area contributed by atoms with Crippen molar-refractivity contribution in [1.29, 1.82) is 0 Å². The van der Waals surface area contributed by atoms with Crippen molar-refractivity contribution in [3.63, 3.8) is 0 Å². The third-order valence-corrected chi connectivity index (χ3v) is 6.00. The van der Waals surface area contributed by atoms with Gasteiger partial charge in [0.1, 0.15) is 0 Å². The van der Waals surface area contributed by atoms with Gasteiger partial charge in [-0.1, -0.05) is 26.8 Å². The second-order valence-electron chi connectivity index (χ2n) is 7.90. The lowest BCUT2D eigenvalue weighted by Gasteiger charge is -2.43. The first kappa shape index (κ1) is 16.3. The molecule has 0 saturated heterocycles. The molecule has 2 saturated carbocycles. The highest BCUT2D eigenvalue weighted by Crippen LogP contribution is 2.62. The van der Waals surface area contributed by atoms with E-state index in [0.717, 1.165) is 25.0 Å². The Balaban J connectivity index is 1.83. The van der Waals surface area contributed by atoms with Crippen molar-refractivity contribution >= 4 is 5.91 Å². The maximum atomic E-state index is 12.8. The van der Waals surface area contributed by atoms with Crippen LogP contribution in [0.25, 0.3) is 0 Å². The molecule has 3 rings (SSSR count). The molecule has 3 atom stereocenters. The minimum atomic E-state index is -4.44. The first-order valence-corrected chi connectivity index (χ1v) is 8.02. The quantitative estimate of drug-likeness (QED) is 0.842. The van der Waals surface area contributed by atoms with Crippen molar-refractivity contribution in [2.75, 3.05) is 0 Å². The van der Waals surface area contributed by atoms with E-state index < -0.39 is 17.6 Å². The minimum Gasteiger partial charge on any atom is -0.348 e. The van der Waals surface area contributed by atoms with Gasteiger partial charge in [-0.25, -0.2) is 0 Å². The predicted molar refractivity (Wildman–Crippen MR) is 81.9 cm³/mol. The average Bonchev–Trinajstić information content (AvgIpc) is 2.94. The minimum absolute atomic E-state index is 0.00390. The van der Waals surface area contributed by atoms with Crippen LogP contribution < -0.4 is 5.32 Å². The fraction of sp³-hybridized carbons (Fsp3) is 0.611. The molecule has 5 heteroatoms. The van der Waals surface area contributed by atoms with Gasteiger partial charge in [0.15, 0.2) is 0 Å². The van der Waals surface area contributed by atoms with Crippen LogP contribution in [0.4, 0.5) is 13.2 Å². The zero-order valence-electron chi connectivity index (χ0n) is 13.6. The fourth-order valence-electron chi connectivity index (χ4n) is 4.71. The van der Waals surface area contributed by atoms with Gasteiger partial charge in [0, 0.05) is 11.6 Å². The summed E-state index contributed by atoms with van der Waals surface area (Å²) in [5.74, 6) is 0.155. The van der Waals surface area contributed by atoms with E-state index in [1.165, 1.54) is 18.6 Å². The highest BCUT2D eigenvalue weighted by Gasteiger charge is 2.59. The van der Waals surface area contributed by atoms with Crippen molar-refractivity contribution in [2.24, 2.45) is 16.7 Å². The van der Waals surface area contributed by atoms with Gasteiger partial charge >= 0.3 is 6.18 Å². The summed E-state index contributed by atoms with van der Waals surface area (Å²) < 4.78 is 38.4. The Morgan fingerprint density at radius 3 is 2.52 bits per heavy atom. The number of benzene rings is 1. The molecule has 2 nitrogen and oxygen atoms in total. The summed E-state index contributed by atoms with van der Waals surface area (Å²) in [4.78, 5) is 12.5. The summed E-state index contributed by atoms with van der Waals surface area (Å²) in [7, 11) is 0. The number of amides is 1. The van der Waals surface area contributed by atoms with Gasteiger partial charge in [0.25, 0.3) is 5.91 Å². The maximum absolute atomic E-state index is 12.8. The molecule has 0 aromatic heterocycles. The molecule has 0 heterocycles. The predicted octanol–water partition coefficient (Wildman–Crippen LogP) is 4.65. The lowest BCUT2D eigenvalue weighted by molar-refractivity contribution is -0.137. The van der Waals surface area contributed by atoms with Crippen molar-refractivity contribution in [2.45, 2.75) is 52.3 Å². The van der Waals surface area contributed by atoms with Gasteiger partial charge in [-0.3, -0.25) is 4.79 Å². The Labute approximate surface area is 134 Å². The van der Waals surface area contributed by atoms with Gasteiger partial charge in [0.2, 0.25) is 0 Å². The number of carbonyl (C=O) groups is 1. The van der Waals surface area contributed by atoms with Crippen molar-refractivity contribution in [3.05, 3.63) is 35.4 Å². The first-order valence-electron chi connectivity index (χ1n) is 8.02. The number of carbonyl (C=O) groups excluding carboxylic acids is 1. The molecule has 126 valence electrons. The fourth-order valence-corrected chi connectivity index (χ4v) is 4.71.